The molecule has 0 aliphatic carbocycles. The number of carbonyl (C=O) groups excluding carboxylic acids is 2. The van der Waals surface area contributed by atoms with Gasteiger partial charge in [0.1, 0.15) is 18.4 Å². The van der Waals surface area contributed by atoms with Crippen LogP contribution in [0.15, 0.2) is 103 Å². The Morgan fingerprint density at radius 1 is 0.837 bits per heavy atom. The first kappa shape index (κ1) is 31.0. The standard InChI is InChI=1S/C36H38N2O5/c1-25-12-8-11-17-32(25)38(35(42)36(2,3)4)22-23-43-28-20-18-26(19-21-28)24-31(34(40)41)37-30-16-10-9-15-29(30)33(39)27-13-6-5-7-14-27/h5-21,31,37H,22-24H2,1-4H3,(H,40,41)/t31-/m0/s1. The molecule has 43 heavy (non-hydrogen) atoms. The molecule has 4 aromatic carbocycles. The zero-order chi connectivity index (χ0) is 31.0. The summed E-state index contributed by atoms with van der Waals surface area (Å²) in [5.74, 6) is -0.572. The first-order valence-corrected chi connectivity index (χ1v) is 14.3. The second kappa shape index (κ2) is 13.8. The van der Waals surface area contributed by atoms with Crippen molar-refractivity contribution >= 4 is 29.0 Å². The first-order valence-electron chi connectivity index (χ1n) is 14.3. The van der Waals surface area contributed by atoms with Crippen LogP contribution < -0.4 is 15.0 Å². The molecule has 0 spiro atoms. The van der Waals surface area contributed by atoms with Gasteiger partial charge in [-0.15, -0.1) is 0 Å². The van der Waals surface area contributed by atoms with Crippen molar-refractivity contribution in [1.82, 2.24) is 0 Å². The minimum Gasteiger partial charge on any atom is -0.492 e. The zero-order valence-corrected chi connectivity index (χ0v) is 25.0. The lowest BCUT2D eigenvalue weighted by Gasteiger charge is -2.30. The molecule has 4 rings (SSSR count). The molecule has 0 saturated carbocycles. The smallest absolute Gasteiger partial charge is 0.326 e. The van der Waals surface area contributed by atoms with Gasteiger partial charge in [-0.1, -0.05) is 93.6 Å². The highest BCUT2D eigenvalue weighted by Crippen LogP contribution is 2.26. The molecule has 222 valence electrons. The van der Waals surface area contributed by atoms with E-state index in [4.69, 9.17) is 4.74 Å². The van der Waals surface area contributed by atoms with Gasteiger partial charge in [-0.3, -0.25) is 9.59 Å². The van der Waals surface area contributed by atoms with Gasteiger partial charge in [0, 0.05) is 34.3 Å². The number of nitrogens with one attached hydrogen (secondary N) is 1. The number of rotatable bonds is 12. The minimum atomic E-state index is -1.03. The summed E-state index contributed by atoms with van der Waals surface area (Å²) in [6, 6.07) is 29.9. The molecule has 0 heterocycles. The molecule has 0 radical (unpaired) electrons. The summed E-state index contributed by atoms with van der Waals surface area (Å²) < 4.78 is 5.98. The van der Waals surface area contributed by atoms with Crippen molar-refractivity contribution in [1.29, 1.82) is 0 Å². The molecule has 4 aromatic rings. The van der Waals surface area contributed by atoms with E-state index in [2.05, 4.69) is 5.32 Å². The average molecular weight is 579 g/mol. The third kappa shape index (κ3) is 8.10. The van der Waals surface area contributed by atoms with Crippen LogP contribution in [0.4, 0.5) is 11.4 Å². The van der Waals surface area contributed by atoms with E-state index in [1.165, 1.54) is 0 Å². The number of carbonyl (C=O) groups is 3. The second-order valence-corrected chi connectivity index (χ2v) is 11.5. The van der Waals surface area contributed by atoms with Crippen molar-refractivity contribution in [2.24, 2.45) is 5.41 Å². The molecular formula is C36H38N2O5. The molecule has 0 saturated heterocycles. The summed E-state index contributed by atoms with van der Waals surface area (Å²) >= 11 is 0. The van der Waals surface area contributed by atoms with E-state index < -0.39 is 17.4 Å². The SMILES string of the molecule is Cc1ccccc1N(CCOc1ccc(C[C@H](Nc2ccccc2C(=O)c2ccccc2)C(=O)O)cc1)C(=O)C(C)(C)C. The highest BCUT2D eigenvalue weighted by atomic mass is 16.5. The number of ether oxygens (including phenoxy) is 1. The molecule has 0 unspecified atom stereocenters. The second-order valence-electron chi connectivity index (χ2n) is 11.5. The molecule has 0 aromatic heterocycles. The number of carboxylic acids is 1. The average Bonchev–Trinajstić information content (AvgIpc) is 3.00. The number of anilines is 2. The van der Waals surface area contributed by atoms with Crippen LogP contribution in [0.1, 0.15) is 47.8 Å². The van der Waals surface area contributed by atoms with Crippen molar-refractivity contribution in [3.8, 4) is 5.75 Å². The fourth-order valence-electron chi connectivity index (χ4n) is 4.75. The van der Waals surface area contributed by atoms with Gasteiger partial charge in [0.2, 0.25) is 5.91 Å². The van der Waals surface area contributed by atoms with E-state index in [9.17, 15) is 19.5 Å². The van der Waals surface area contributed by atoms with E-state index in [1.54, 1.807) is 65.6 Å². The summed E-state index contributed by atoms with van der Waals surface area (Å²) in [5, 5.41) is 13.0. The maximum atomic E-state index is 13.2. The van der Waals surface area contributed by atoms with E-state index in [0.717, 1.165) is 16.8 Å². The number of nitrogens with zero attached hydrogens (tertiary/aromatic N) is 1. The Balaban J connectivity index is 1.41. The Hall–Kier alpha value is -4.91. The number of benzene rings is 4. The van der Waals surface area contributed by atoms with Crippen LogP contribution in [-0.2, 0) is 16.0 Å². The minimum absolute atomic E-state index is 0.0139. The number of carboxylic acid groups (broad SMARTS) is 1. The van der Waals surface area contributed by atoms with Crippen molar-refractivity contribution in [2.45, 2.75) is 40.2 Å². The zero-order valence-electron chi connectivity index (χ0n) is 25.0. The number of hydrogen-bond acceptors (Lipinski definition) is 5. The van der Waals surface area contributed by atoms with Gasteiger partial charge in [-0.2, -0.15) is 0 Å². The third-order valence-electron chi connectivity index (χ3n) is 7.08. The molecule has 1 amide bonds. The van der Waals surface area contributed by atoms with Gasteiger partial charge >= 0.3 is 5.97 Å². The summed E-state index contributed by atoms with van der Waals surface area (Å²) in [6.45, 7) is 8.37. The molecule has 0 bridgehead atoms. The van der Waals surface area contributed by atoms with Crippen LogP contribution in [0.3, 0.4) is 0 Å². The quantitative estimate of drug-likeness (QED) is 0.180. The highest BCUT2D eigenvalue weighted by Gasteiger charge is 2.29. The van der Waals surface area contributed by atoms with Crippen LogP contribution in [0.2, 0.25) is 0 Å². The van der Waals surface area contributed by atoms with E-state index >= 15 is 0 Å². The third-order valence-corrected chi connectivity index (χ3v) is 7.08. The van der Waals surface area contributed by atoms with Crippen LogP contribution >= 0.6 is 0 Å². The normalized spacial score (nSPS) is 11.8. The topological polar surface area (TPSA) is 95.9 Å². The Kier molecular flexibility index (Phi) is 9.99. The maximum absolute atomic E-state index is 13.2. The van der Waals surface area contributed by atoms with Gasteiger partial charge in [0.05, 0.1) is 6.54 Å². The number of ketones is 1. The van der Waals surface area contributed by atoms with Gasteiger partial charge in [0.25, 0.3) is 0 Å². The lowest BCUT2D eigenvalue weighted by Crippen LogP contribution is -2.42. The highest BCUT2D eigenvalue weighted by molar-refractivity contribution is 6.12. The first-order chi connectivity index (χ1) is 20.5. The summed E-state index contributed by atoms with van der Waals surface area (Å²) in [7, 11) is 0. The number of aryl methyl sites for hydroxylation is 1. The largest absolute Gasteiger partial charge is 0.492 e. The number of hydrogen-bond donors (Lipinski definition) is 2. The van der Waals surface area contributed by atoms with E-state index in [-0.39, 0.29) is 18.1 Å². The van der Waals surface area contributed by atoms with E-state index in [1.807, 2.05) is 70.2 Å². The molecule has 0 fully saturated rings. The summed E-state index contributed by atoms with van der Waals surface area (Å²) in [5.41, 5.74) is 3.53. The van der Waals surface area contributed by atoms with Crippen LogP contribution in [-0.4, -0.2) is 42.0 Å². The van der Waals surface area contributed by atoms with Crippen molar-refractivity contribution < 1.29 is 24.2 Å². The summed E-state index contributed by atoms with van der Waals surface area (Å²) in [4.78, 5) is 40.3. The maximum Gasteiger partial charge on any atom is 0.326 e. The Bertz CT molecular complexity index is 1560. The number of para-hydroxylation sites is 2. The molecule has 7 heteroatoms. The van der Waals surface area contributed by atoms with Crippen molar-refractivity contribution in [3.63, 3.8) is 0 Å². The van der Waals surface area contributed by atoms with Gasteiger partial charge in [-0.25, -0.2) is 4.79 Å². The molecule has 7 nitrogen and oxygen atoms in total. The fourth-order valence-corrected chi connectivity index (χ4v) is 4.75. The van der Waals surface area contributed by atoms with Crippen LogP contribution in [0.25, 0.3) is 0 Å². The lowest BCUT2D eigenvalue weighted by molar-refractivity contribution is -0.137. The number of amides is 1. The van der Waals surface area contributed by atoms with Crippen molar-refractivity contribution in [3.05, 3.63) is 125 Å². The fraction of sp³-hybridized carbons (Fsp3) is 0.250. The molecular weight excluding hydrogens is 540 g/mol. The van der Waals surface area contributed by atoms with Crippen molar-refractivity contribution in [2.75, 3.05) is 23.4 Å². The van der Waals surface area contributed by atoms with Gasteiger partial charge in [-0.05, 0) is 48.4 Å². The Morgan fingerprint density at radius 2 is 1.47 bits per heavy atom. The lowest BCUT2D eigenvalue weighted by atomic mass is 9.94. The predicted molar refractivity (Wildman–Crippen MR) is 170 cm³/mol. The Morgan fingerprint density at radius 3 is 2.12 bits per heavy atom. The summed E-state index contributed by atoms with van der Waals surface area (Å²) in [6.07, 6.45) is 0.199. The number of aliphatic carboxylic acids is 1. The monoisotopic (exact) mass is 578 g/mol. The van der Waals surface area contributed by atoms with Crippen LogP contribution in [0, 0.1) is 12.3 Å². The van der Waals surface area contributed by atoms with Gasteiger partial charge < -0.3 is 20.1 Å². The molecule has 0 aliphatic rings. The Labute approximate surface area is 253 Å². The molecule has 0 aliphatic heterocycles. The predicted octanol–water partition coefficient (Wildman–Crippen LogP) is 6.79. The van der Waals surface area contributed by atoms with Crippen LogP contribution in [0.5, 0.6) is 5.75 Å². The van der Waals surface area contributed by atoms with Gasteiger partial charge in [0.15, 0.2) is 5.78 Å². The molecule has 1 atom stereocenters. The molecule has 2 N–H and O–H groups in total. The van der Waals surface area contributed by atoms with E-state index in [0.29, 0.717) is 35.7 Å².